The van der Waals surface area contributed by atoms with Crippen molar-refractivity contribution in [3.05, 3.63) is 95.0 Å². The molecule has 0 aliphatic heterocycles. The molecular weight excluding hydrogens is 388 g/mol. The van der Waals surface area contributed by atoms with Crippen molar-refractivity contribution >= 4 is 34.9 Å². The second kappa shape index (κ2) is 9.75. The first-order valence-electron chi connectivity index (χ1n) is 9.16. The van der Waals surface area contributed by atoms with E-state index in [1.165, 1.54) is 0 Å². The number of carbonyl (C=O) groups excluding carboxylic acids is 2. The van der Waals surface area contributed by atoms with Gasteiger partial charge in [-0.15, -0.1) is 0 Å². The van der Waals surface area contributed by atoms with E-state index in [4.69, 9.17) is 16.3 Å². The Morgan fingerprint density at radius 1 is 0.966 bits per heavy atom. The van der Waals surface area contributed by atoms with Crippen LogP contribution in [-0.2, 0) is 9.53 Å². The van der Waals surface area contributed by atoms with Crippen LogP contribution >= 0.6 is 11.6 Å². The molecule has 0 saturated carbocycles. The molecule has 0 aliphatic carbocycles. The number of halogens is 1. The van der Waals surface area contributed by atoms with Crippen molar-refractivity contribution in [1.29, 1.82) is 0 Å². The highest BCUT2D eigenvalue weighted by Gasteiger charge is 2.16. The molecule has 5 nitrogen and oxygen atoms in total. The SMILES string of the molecule is C[C@@H](NC(=O)COC(=O)c1ccccc1Nc1ccccc1)c1cccc(Cl)c1. The molecule has 0 heterocycles. The number of nitrogens with one attached hydrogen (secondary N) is 2. The Bertz CT molecular complexity index is 992. The van der Waals surface area contributed by atoms with Crippen molar-refractivity contribution in [3.63, 3.8) is 0 Å². The Labute approximate surface area is 174 Å². The lowest BCUT2D eigenvalue weighted by Gasteiger charge is -2.15. The minimum atomic E-state index is -0.574. The number of ether oxygens (including phenoxy) is 1. The van der Waals surface area contributed by atoms with Gasteiger partial charge in [0, 0.05) is 10.7 Å². The number of amides is 1. The standard InChI is InChI=1S/C23H21ClN2O3/c1-16(17-8-7-9-18(24)14-17)25-22(27)15-29-23(28)20-12-5-6-13-21(20)26-19-10-3-2-4-11-19/h2-14,16,26H,15H2,1H3,(H,25,27)/t16-/m1/s1. The van der Waals surface area contributed by atoms with Crippen molar-refractivity contribution in [2.24, 2.45) is 0 Å². The summed E-state index contributed by atoms with van der Waals surface area (Å²) in [5.74, 6) is -0.964. The van der Waals surface area contributed by atoms with Crippen LogP contribution in [0, 0.1) is 0 Å². The molecule has 1 atom stereocenters. The van der Waals surface area contributed by atoms with Crippen molar-refractivity contribution < 1.29 is 14.3 Å². The van der Waals surface area contributed by atoms with Gasteiger partial charge < -0.3 is 15.4 Å². The van der Waals surface area contributed by atoms with E-state index in [9.17, 15) is 9.59 Å². The molecule has 29 heavy (non-hydrogen) atoms. The fourth-order valence-electron chi connectivity index (χ4n) is 2.80. The summed E-state index contributed by atoms with van der Waals surface area (Å²) in [5, 5.41) is 6.58. The molecule has 0 fully saturated rings. The molecular formula is C23H21ClN2O3. The summed E-state index contributed by atoms with van der Waals surface area (Å²) < 4.78 is 5.21. The third-order valence-electron chi connectivity index (χ3n) is 4.26. The quantitative estimate of drug-likeness (QED) is 0.532. The average Bonchev–Trinajstić information content (AvgIpc) is 2.73. The molecule has 3 aromatic carbocycles. The average molecular weight is 409 g/mol. The number of para-hydroxylation sites is 2. The van der Waals surface area contributed by atoms with Crippen LogP contribution in [0.1, 0.15) is 28.9 Å². The van der Waals surface area contributed by atoms with Crippen LogP contribution in [0.5, 0.6) is 0 Å². The molecule has 2 N–H and O–H groups in total. The van der Waals surface area contributed by atoms with Crippen molar-refractivity contribution in [3.8, 4) is 0 Å². The van der Waals surface area contributed by atoms with Gasteiger partial charge in [-0.05, 0) is 48.9 Å². The Morgan fingerprint density at radius 3 is 2.45 bits per heavy atom. The minimum Gasteiger partial charge on any atom is -0.452 e. The molecule has 0 spiro atoms. The van der Waals surface area contributed by atoms with E-state index in [1.54, 1.807) is 30.3 Å². The number of hydrogen-bond acceptors (Lipinski definition) is 4. The zero-order valence-corrected chi connectivity index (χ0v) is 16.6. The fraction of sp³-hybridized carbons (Fsp3) is 0.130. The van der Waals surface area contributed by atoms with E-state index in [0.717, 1.165) is 11.3 Å². The van der Waals surface area contributed by atoms with Gasteiger partial charge >= 0.3 is 5.97 Å². The molecule has 3 aromatic rings. The number of carbonyl (C=O) groups is 2. The first kappa shape index (κ1) is 20.4. The van der Waals surface area contributed by atoms with E-state index in [-0.39, 0.29) is 18.6 Å². The van der Waals surface area contributed by atoms with Crippen LogP contribution in [0.15, 0.2) is 78.9 Å². The van der Waals surface area contributed by atoms with Gasteiger partial charge in [-0.2, -0.15) is 0 Å². The molecule has 3 rings (SSSR count). The van der Waals surface area contributed by atoms with E-state index in [1.807, 2.05) is 55.5 Å². The van der Waals surface area contributed by atoms with Gasteiger partial charge in [-0.1, -0.05) is 54.1 Å². The predicted molar refractivity (Wildman–Crippen MR) is 114 cm³/mol. The Kier molecular flexibility index (Phi) is 6.87. The van der Waals surface area contributed by atoms with E-state index in [2.05, 4.69) is 10.6 Å². The molecule has 0 bridgehead atoms. The van der Waals surface area contributed by atoms with E-state index in [0.29, 0.717) is 16.3 Å². The van der Waals surface area contributed by atoms with E-state index < -0.39 is 5.97 Å². The highest BCUT2D eigenvalue weighted by atomic mass is 35.5. The third-order valence-corrected chi connectivity index (χ3v) is 4.50. The molecule has 0 aromatic heterocycles. The van der Waals surface area contributed by atoms with Gasteiger partial charge in [0.2, 0.25) is 0 Å². The van der Waals surface area contributed by atoms with Gasteiger partial charge in [-0.3, -0.25) is 4.79 Å². The zero-order valence-electron chi connectivity index (χ0n) is 15.9. The van der Waals surface area contributed by atoms with Gasteiger partial charge in [0.15, 0.2) is 6.61 Å². The lowest BCUT2D eigenvalue weighted by molar-refractivity contribution is -0.124. The summed E-state index contributed by atoms with van der Waals surface area (Å²) in [7, 11) is 0. The maximum Gasteiger partial charge on any atom is 0.340 e. The van der Waals surface area contributed by atoms with Crippen LogP contribution in [0.4, 0.5) is 11.4 Å². The fourth-order valence-corrected chi connectivity index (χ4v) is 3.00. The number of hydrogen-bond donors (Lipinski definition) is 2. The van der Waals surface area contributed by atoms with Crippen molar-refractivity contribution in [1.82, 2.24) is 5.32 Å². The summed E-state index contributed by atoms with van der Waals surface area (Å²) in [4.78, 5) is 24.7. The molecule has 1 amide bonds. The van der Waals surface area contributed by atoms with Crippen molar-refractivity contribution in [2.75, 3.05) is 11.9 Å². The topological polar surface area (TPSA) is 67.4 Å². The second-order valence-electron chi connectivity index (χ2n) is 6.46. The van der Waals surface area contributed by atoms with Crippen LogP contribution < -0.4 is 10.6 Å². The minimum absolute atomic E-state index is 0.257. The lowest BCUT2D eigenvalue weighted by atomic mass is 10.1. The Hall–Kier alpha value is -3.31. The van der Waals surface area contributed by atoms with Crippen LogP contribution in [0.2, 0.25) is 5.02 Å². The summed E-state index contributed by atoms with van der Waals surface area (Å²) in [6, 6.07) is 23.5. The molecule has 0 saturated heterocycles. The van der Waals surface area contributed by atoms with E-state index >= 15 is 0 Å². The molecule has 0 radical (unpaired) electrons. The molecule has 0 unspecified atom stereocenters. The lowest BCUT2D eigenvalue weighted by Crippen LogP contribution is -2.31. The van der Waals surface area contributed by atoms with Gasteiger partial charge in [0.1, 0.15) is 0 Å². The highest BCUT2D eigenvalue weighted by molar-refractivity contribution is 6.30. The normalized spacial score (nSPS) is 11.4. The second-order valence-corrected chi connectivity index (χ2v) is 6.89. The Morgan fingerprint density at radius 2 is 1.69 bits per heavy atom. The molecule has 0 aliphatic rings. The first-order valence-corrected chi connectivity index (χ1v) is 9.54. The smallest absolute Gasteiger partial charge is 0.340 e. The van der Waals surface area contributed by atoms with Crippen LogP contribution in [-0.4, -0.2) is 18.5 Å². The van der Waals surface area contributed by atoms with Gasteiger partial charge in [0.05, 0.1) is 17.3 Å². The monoisotopic (exact) mass is 408 g/mol. The summed E-state index contributed by atoms with van der Waals surface area (Å²) in [6.45, 7) is 1.47. The number of anilines is 2. The maximum absolute atomic E-state index is 12.5. The van der Waals surface area contributed by atoms with Crippen LogP contribution in [0.3, 0.4) is 0 Å². The van der Waals surface area contributed by atoms with Gasteiger partial charge in [-0.25, -0.2) is 4.79 Å². The number of rotatable bonds is 7. The Balaban J connectivity index is 1.58. The summed E-state index contributed by atoms with van der Waals surface area (Å²) >= 11 is 5.98. The van der Waals surface area contributed by atoms with Gasteiger partial charge in [0.25, 0.3) is 5.91 Å². The first-order chi connectivity index (χ1) is 14.0. The predicted octanol–water partition coefficient (Wildman–Crippen LogP) is 5.12. The van der Waals surface area contributed by atoms with Crippen LogP contribution in [0.25, 0.3) is 0 Å². The largest absolute Gasteiger partial charge is 0.452 e. The number of benzene rings is 3. The number of esters is 1. The summed E-state index contributed by atoms with van der Waals surface area (Å²) in [6.07, 6.45) is 0. The third kappa shape index (κ3) is 5.83. The highest BCUT2D eigenvalue weighted by Crippen LogP contribution is 2.21. The zero-order chi connectivity index (χ0) is 20.6. The molecule has 148 valence electrons. The maximum atomic E-state index is 12.5. The summed E-state index contributed by atoms with van der Waals surface area (Å²) in [5.41, 5.74) is 2.68. The molecule has 6 heteroatoms. The van der Waals surface area contributed by atoms with Crippen molar-refractivity contribution in [2.45, 2.75) is 13.0 Å².